The SMILES string of the molecule is Cc1nc(-c2ccco2)sc1CNC(=O)Cc1ccc(-c2ccccc2)cc1. The van der Waals surface area contributed by atoms with Crippen molar-refractivity contribution in [2.45, 2.75) is 19.9 Å². The first-order valence-corrected chi connectivity index (χ1v) is 9.92. The summed E-state index contributed by atoms with van der Waals surface area (Å²) in [6.07, 6.45) is 1.99. The molecule has 0 aliphatic rings. The maximum Gasteiger partial charge on any atom is 0.224 e. The van der Waals surface area contributed by atoms with Gasteiger partial charge in [0, 0.05) is 4.88 Å². The summed E-state index contributed by atoms with van der Waals surface area (Å²) in [4.78, 5) is 17.9. The molecule has 0 unspecified atom stereocenters. The molecular weight excluding hydrogens is 368 g/mol. The Hall–Kier alpha value is -3.18. The highest BCUT2D eigenvalue weighted by Gasteiger charge is 2.12. The van der Waals surface area contributed by atoms with E-state index in [9.17, 15) is 4.79 Å². The molecule has 0 saturated carbocycles. The predicted octanol–water partition coefficient (Wildman–Crippen LogP) is 5.24. The lowest BCUT2D eigenvalue weighted by Gasteiger charge is -2.06. The fraction of sp³-hybridized carbons (Fsp3) is 0.130. The lowest BCUT2D eigenvalue weighted by molar-refractivity contribution is -0.120. The zero-order chi connectivity index (χ0) is 19.3. The average molecular weight is 388 g/mol. The summed E-state index contributed by atoms with van der Waals surface area (Å²) in [5.41, 5.74) is 4.24. The van der Waals surface area contributed by atoms with E-state index in [4.69, 9.17) is 4.42 Å². The molecule has 140 valence electrons. The number of nitrogens with zero attached hydrogens (tertiary/aromatic N) is 1. The molecule has 4 nitrogen and oxygen atoms in total. The Morgan fingerprint density at radius 2 is 1.75 bits per heavy atom. The van der Waals surface area contributed by atoms with Gasteiger partial charge in [0.2, 0.25) is 5.91 Å². The van der Waals surface area contributed by atoms with Gasteiger partial charge in [0.15, 0.2) is 10.8 Å². The number of furan rings is 1. The van der Waals surface area contributed by atoms with Gasteiger partial charge in [0.1, 0.15) is 0 Å². The van der Waals surface area contributed by atoms with E-state index < -0.39 is 0 Å². The van der Waals surface area contributed by atoms with Gasteiger partial charge in [-0.2, -0.15) is 0 Å². The van der Waals surface area contributed by atoms with E-state index in [0.29, 0.717) is 13.0 Å². The van der Waals surface area contributed by atoms with Crippen LogP contribution in [0.4, 0.5) is 0 Å². The van der Waals surface area contributed by atoms with Crippen molar-refractivity contribution < 1.29 is 9.21 Å². The number of hydrogen-bond acceptors (Lipinski definition) is 4. The van der Waals surface area contributed by atoms with Crippen molar-refractivity contribution in [1.29, 1.82) is 0 Å². The van der Waals surface area contributed by atoms with Gasteiger partial charge in [-0.05, 0) is 35.7 Å². The zero-order valence-electron chi connectivity index (χ0n) is 15.5. The number of carbonyl (C=O) groups excluding carboxylic acids is 1. The molecule has 28 heavy (non-hydrogen) atoms. The van der Waals surface area contributed by atoms with Crippen LogP contribution in [0.5, 0.6) is 0 Å². The molecule has 0 atom stereocenters. The smallest absolute Gasteiger partial charge is 0.224 e. The van der Waals surface area contributed by atoms with Crippen LogP contribution in [-0.4, -0.2) is 10.9 Å². The molecule has 0 saturated heterocycles. The number of carbonyl (C=O) groups is 1. The van der Waals surface area contributed by atoms with Crippen molar-refractivity contribution in [2.75, 3.05) is 0 Å². The van der Waals surface area contributed by atoms with Gasteiger partial charge in [0.05, 0.1) is 24.9 Å². The fourth-order valence-corrected chi connectivity index (χ4v) is 3.94. The molecule has 2 aromatic carbocycles. The highest BCUT2D eigenvalue weighted by Crippen LogP contribution is 2.28. The molecule has 0 aliphatic carbocycles. The lowest BCUT2D eigenvalue weighted by Crippen LogP contribution is -2.24. The van der Waals surface area contributed by atoms with Crippen LogP contribution in [0.1, 0.15) is 16.1 Å². The minimum Gasteiger partial charge on any atom is -0.462 e. The molecule has 1 amide bonds. The number of thiazole rings is 1. The van der Waals surface area contributed by atoms with Crippen LogP contribution in [0, 0.1) is 6.92 Å². The maximum absolute atomic E-state index is 12.3. The normalized spacial score (nSPS) is 10.8. The van der Waals surface area contributed by atoms with Gasteiger partial charge in [-0.3, -0.25) is 4.79 Å². The minimum atomic E-state index is -0.000176. The second-order valence-corrected chi connectivity index (χ2v) is 7.60. The monoisotopic (exact) mass is 388 g/mol. The Labute approximate surface area is 167 Å². The third kappa shape index (κ3) is 4.21. The van der Waals surface area contributed by atoms with Crippen LogP contribution in [0.2, 0.25) is 0 Å². The first-order valence-electron chi connectivity index (χ1n) is 9.10. The second-order valence-electron chi connectivity index (χ2n) is 6.52. The topological polar surface area (TPSA) is 55.1 Å². The van der Waals surface area contributed by atoms with Gasteiger partial charge in [-0.15, -0.1) is 11.3 Å². The number of hydrogen-bond donors (Lipinski definition) is 1. The Kier molecular flexibility index (Phi) is 5.35. The van der Waals surface area contributed by atoms with E-state index >= 15 is 0 Å². The Morgan fingerprint density at radius 1 is 1.00 bits per heavy atom. The molecule has 0 bridgehead atoms. The average Bonchev–Trinajstić information content (AvgIpc) is 3.37. The summed E-state index contributed by atoms with van der Waals surface area (Å²) >= 11 is 1.55. The van der Waals surface area contributed by atoms with Crippen molar-refractivity contribution >= 4 is 17.2 Å². The molecule has 2 aromatic heterocycles. The van der Waals surface area contributed by atoms with Crippen LogP contribution in [-0.2, 0) is 17.8 Å². The first kappa shape index (κ1) is 18.2. The Balaban J connectivity index is 1.35. The minimum absolute atomic E-state index is 0.000176. The molecule has 0 fully saturated rings. The molecule has 5 heteroatoms. The summed E-state index contributed by atoms with van der Waals surface area (Å²) in [7, 11) is 0. The summed E-state index contributed by atoms with van der Waals surface area (Å²) < 4.78 is 5.39. The maximum atomic E-state index is 12.3. The molecule has 4 aromatic rings. The van der Waals surface area contributed by atoms with Crippen LogP contribution >= 0.6 is 11.3 Å². The Morgan fingerprint density at radius 3 is 2.46 bits per heavy atom. The van der Waals surface area contributed by atoms with E-state index in [0.717, 1.165) is 32.5 Å². The van der Waals surface area contributed by atoms with E-state index in [1.54, 1.807) is 17.6 Å². The molecule has 0 aliphatic heterocycles. The molecule has 1 N–H and O–H groups in total. The molecule has 4 rings (SSSR count). The van der Waals surface area contributed by atoms with Crippen molar-refractivity contribution in [3.63, 3.8) is 0 Å². The summed E-state index contributed by atoms with van der Waals surface area (Å²) in [6, 6.07) is 22.1. The molecule has 2 heterocycles. The number of rotatable bonds is 6. The number of amides is 1. The fourth-order valence-electron chi connectivity index (χ4n) is 2.97. The number of aromatic nitrogens is 1. The van der Waals surface area contributed by atoms with Gasteiger partial charge >= 0.3 is 0 Å². The first-order chi connectivity index (χ1) is 13.7. The van der Waals surface area contributed by atoms with Crippen LogP contribution in [0.3, 0.4) is 0 Å². The van der Waals surface area contributed by atoms with E-state index in [-0.39, 0.29) is 5.91 Å². The summed E-state index contributed by atoms with van der Waals surface area (Å²) in [6.45, 7) is 2.43. The summed E-state index contributed by atoms with van der Waals surface area (Å²) in [5.74, 6) is 0.754. The van der Waals surface area contributed by atoms with Crippen LogP contribution in [0.25, 0.3) is 21.9 Å². The Bertz CT molecular complexity index is 1050. The standard InChI is InChI=1S/C23H20N2O2S/c1-16-21(28-23(25-16)20-8-5-13-27-20)15-24-22(26)14-17-9-11-19(12-10-17)18-6-3-2-4-7-18/h2-13H,14-15H2,1H3,(H,24,26). The molecular formula is C23H20N2O2S. The van der Waals surface area contributed by atoms with Gasteiger partial charge in [0.25, 0.3) is 0 Å². The molecule has 0 radical (unpaired) electrons. The zero-order valence-corrected chi connectivity index (χ0v) is 16.3. The highest BCUT2D eigenvalue weighted by molar-refractivity contribution is 7.15. The van der Waals surface area contributed by atoms with Crippen LogP contribution < -0.4 is 5.32 Å². The molecule has 0 spiro atoms. The largest absolute Gasteiger partial charge is 0.462 e. The number of aryl methyl sites for hydroxylation is 1. The van der Waals surface area contributed by atoms with E-state index in [1.165, 1.54) is 5.56 Å². The van der Waals surface area contributed by atoms with E-state index in [1.807, 2.05) is 49.4 Å². The van der Waals surface area contributed by atoms with E-state index in [2.05, 4.69) is 34.6 Å². The number of benzene rings is 2. The second kappa shape index (κ2) is 8.23. The third-order valence-corrected chi connectivity index (χ3v) is 5.67. The van der Waals surface area contributed by atoms with Crippen LogP contribution in [0.15, 0.2) is 77.4 Å². The van der Waals surface area contributed by atoms with Gasteiger partial charge < -0.3 is 9.73 Å². The van der Waals surface area contributed by atoms with Crippen molar-refractivity contribution in [3.05, 3.63) is 89.1 Å². The summed E-state index contributed by atoms with van der Waals surface area (Å²) in [5, 5.41) is 3.83. The van der Waals surface area contributed by atoms with Crippen molar-refractivity contribution in [1.82, 2.24) is 10.3 Å². The van der Waals surface area contributed by atoms with Gasteiger partial charge in [-0.25, -0.2) is 4.98 Å². The lowest BCUT2D eigenvalue weighted by atomic mass is 10.0. The van der Waals surface area contributed by atoms with Crippen molar-refractivity contribution in [3.8, 4) is 21.9 Å². The number of nitrogens with one attached hydrogen (secondary N) is 1. The predicted molar refractivity (Wildman–Crippen MR) is 112 cm³/mol. The van der Waals surface area contributed by atoms with Gasteiger partial charge in [-0.1, -0.05) is 54.6 Å². The third-order valence-electron chi connectivity index (χ3n) is 4.50. The van der Waals surface area contributed by atoms with Crippen molar-refractivity contribution in [2.24, 2.45) is 0 Å². The highest BCUT2D eigenvalue weighted by atomic mass is 32.1. The quantitative estimate of drug-likeness (QED) is 0.492.